The van der Waals surface area contributed by atoms with Crippen molar-refractivity contribution in [3.63, 3.8) is 0 Å². The number of rotatable bonds is 9. The number of nitrogens with zero attached hydrogens (tertiary/aromatic N) is 1. The number of thiophene rings is 1. The van der Waals surface area contributed by atoms with Gasteiger partial charge >= 0.3 is 6.18 Å². The van der Waals surface area contributed by atoms with E-state index in [1.807, 2.05) is 52.0 Å². The van der Waals surface area contributed by atoms with Gasteiger partial charge in [-0.15, -0.1) is 40.5 Å². The van der Waals surface area contributed by atoms with Gasteiger partial charge in [0.2, 0.25) is 0 Å². The molecular weight excluding hydrogens is 748 g/mol. The molecule has 1 radical (unpaired) electrons. The molecule has 0 fully saturated rings. The zero-order valence-electron chi connectivity index (χ0n) is 25.9. The summed E-state index contributed by atoms with van der Waals surface area (Å²) in [7, 11) is 0. The van der Waals surface area contributed by atoms with Gasteiger partial charge in [0.15, 0.2) is 5.78 Å². The summed E-state index contributed by atoms with van der Waals surface area (Å²) in [5, 5.41) is 12.0. The van der Waals surface area contributed by atoms with Crippen LogP contribution in [0.3, 0.4) is 0 Å². The minimum absolute atomic E-state index is 0. The molecule has 2 aromatic carbocycles. The molecule has 3 nitrogen and oxygen atoms in total. The standard InChI is InChI=1S/C22H17F3NS.C13H24O2.Ir/c1-12(2)18-11-15(10-14-6-4-5-7-16(14)18)20-21-17(8-9-26-20)19(13(3)27-21)22(23,24)25;1-5-10(6-2)12(14)9-13(15)11(7-3)8-4;/h4-9,11-12H,1-3H3;9-11,14H,5-8H2,1-4H3;/q-1;;/b;12-9-;. The fraction of sp³-hybridized carbons (Fsp3) is 0.429. The molecule has 0 saturated heterocycles. The number of carbonyl (C=O) groups excluding carboxylic acids is 1. The predicted molar refractivity (Wildman–Crippen MR) is 169 cm³/mol. The SMILES string of the molecule is CCC(CC)C(=O)/C=C(\O)C(CC)CC.Cc1sc2c(-c3[c-]c4ccccc4c(C(C)C)c3)nccc2c1C(F)(F)F.[Ir]. The number of aryl methyl sites for hydroxylation is 1. The Morgan fingerprint density at radius 1 is 1.00 bits per heavy atom. The minimum Gasteiger partial charge on any atom is -0.512 e. The second-order valence-corrected chi connectivity index (χ2v) is 12.1. The van der Waals surface area contributed by atoms with E-state index >= 15 is 0 Å². The van der Waals surface area contributed by atoms with Gasteiger partial charge in [-0.1, -0.05) is 70.7 Å². The number of halogens is 3. The Labute approximate surface area is 271 Å². The molecule has 0 aliphatic rings. The zero-order chi connectivity index (χ0) is 31.2. The number of fused-ring (bicyclic) bond motifs is 2. The van der Waals surface area contributed by atoms with E-state index in [2.05, 4.69) is 31.0 Å². The fourth-order valence-electron chi connectivity index (χ4n) is 5.33. The molecule has 43 heavy (non-hydrogen) atoms. The Bertz CT molecular complexity index is 1550. The first-order chi connectivity index (χ1) is 19.9. The monoisotopic (exact) mass is 789 g/mol. The van der Waals surface area contributed by atoms with E-state index in [9.17, 15) is 23.1 Å². The summed E-state index contributed by atoms with van der Waals surface area (Å²) in [6.45, 7) is 13.8. The maximum Gasteiger partial charge on any atom is 0.418 e. The molecule has 0 aliphatic carbocycles. The summed E-state index contributed by atoms with van der Waals surface area (Å²) in [4.78, 5) is 16.4. The molecule has 8 heteroatoms. The van der Waals surface area contributed by atoms with Crippen molar-refractivity contribution in [1.29, 1.82) is 0 Å². The van der Waals surface area contributed by atoms with Crippen LogP contribution in [0.5, 0.6) is 0 Å². The Morgan fingerprint density at radius 3 is 2.16 bits per heavy atom. The van der Waals surface area contributed by atoms with E-state index in [1.54, 1.807) is 0 Å². The number of hydrogen-bond acceptors (Lipinski definition) is 4. The maximum absolute atomic E-state index is 13.5. The molecule has 4 rings (SSSR count). The van der Waals surface area contributed by atoms with Crippen LogP contribution in [0.4, 0.5) is 13.2 Å². The van der Waals surface area contributed by atoms with E-state index in [1.165, 1.54) is 25.3 Å². The molecule has 235 valence electrons. The smallest absolute Gasteiger partial charge is 0.418 e. The third-order valence-electron chi connectivity index (χ3n) is 7.83. The molecule has 0 unspecified atom stereocenters. The maximum atomic E-state index is 13.5. The third kappa shape index (κ3) is 8.55. The molecule has 0 saturated carbocycles. The predicted octanol–water partition coefficient (Wildman–Crippen LogP) is 11.2. The van der Waals surface area contributed by atoms with Gasteiger partial charge in [0.1, 0.15) is 0 Å². The molecule has 0 amide bonds. The van der Waals surface area contributed by atoms with E-state index in [4.69, 9.17) is 0 Å². The van der Waals surface area contributed by atoms with Crippen molar-refractivity contribution < 1.29 is 43.2 Å². The van der Waals surface area contributed by atoms with Crippen molar-refractivity contribution in [3.8, 4) is 11.3 Å². The Kier molecular flexibility index (Phi) is 13.6. The molecule has 0 aliphatic heterocycles. The van der Waals surface area contributed by atoms with Crippen molar-refractivity contribution in [2.75, 3.05) is 0 Å². The van der Waals surface area contributed by atoms with Crippen molar-refractivity contribution in [1.82, 2.24) is 4.98 Å². The Hall–Kier alpha value is -2.54. The molecule has 2 aromatic heterocycles. The van der Waals surface area contributed by atoms with Crippen molar-refractivity contribution >= 4 is 38.0 Å². The fourth-order valence-corrected chi connectivity index (χ4v) is 6.50. The molecule has 0 spiro atoms. The van der Waals surface area contributed by atoms with Crippen molar-refractivity contribution in [2.24, 2.45) is 11.8 Å². The quantitative estimate of drug-likeness (QED) is 0.104. The van der Waals surface area contributed by atoms with Gasteiger partial charge < -0.3 is 5.11 Å². The molecule has 1 N–H and O–H groups in total. The number of aliphatic hydroxyl groups excluding tert-OH is 1. The number of aromatic nitrogens is 1. The summed E-state index contributed by atoms with van der Waals surface area (Å²) >= 11 is 1.14. The normalized spacial score (nSPS) is 12.2. The second kappa shape index (κ2) is 16.0. The van der Waals surface area contributed by atoms with Crippen LogP contribution >= 0.6 is 11.3 Å². The summed E-state index contributed by atoms with van der Waals surface area (Å²) in [5.41, 5.74) is 1.88. The van der Waals surface area contributed by atoms with Gasteiger partial charge in [0.05, 0.1) is 11.3 Å². The van der Waals surface area contributed by atoms with E-state index < -0.39 is 11.7 Å². The molecule has 2 heterocycles. The molecule has 4 aromatic rings. The first-order valence-electron chi connectivity index (χ1n) is 14.7. The minimum atomic E-state index is -4.38. The largest absolute Gasteiger partial charge is 0.512 e. The van der Waals surface area contributed by atoms with Crippen LogP contribution in [-0.2, 0) is 31.1 Å². The number of ketones is 1. The number of benzene rings is 2. The van der Waals surface area contributed by atoms with Crippen molar-refractivity contribution in [3.05, 3.63) is 76.5 Å². The summed E-state index contributed by atoms with van der Waals surface area (Å²) in [6, 6.07) is 14.8. The zero-order valence-corrected chi connectivity index (χ0v) is 29.1. The molecular formula is C35H41F3IrNO2S-. The Balaban J connectivity index is 0.000000348. The van der Waals surface area contributed by atoms with Crippen molar-refractivity contribution in [2.45, 2.75) is 86.2 Å². The average Bonchev–Trinajstić information content (AvgIpc) is 3.30. The molecule has 0 bridgehead atoms. The van der Waals surface area contributed by atoms with Crippen LogP contribution in [0.25, 0.3) is 32.1 Å². The number of hydrogen-bond donors (Lipinski definition) is 1. The third-order valence-corrected chi connectivity index (χ3v) is 8.96. The van der Waals surface area contributed by atoms with E-state index in [0.717, 1.165) is 58.9 Å². The van der Waals surface area contributed by atoms with Gasteiger partial charge in [-0.3, -0.25) is 9.78 Å². The van der Waals surface area contributed by atoms with Crippen LogP contribution < -0.4 is 0 Å². The molecule has 0 atom stereocenters. The first-order valence-corrected chi connectivity index (χ1v) is 15.5. The number of allylic oxidation sites excluding steroid dienone is 2. The van der Waals surface area contributed by atoms with Crippen LogP contribution in [0.1, 0.15) is 89.1 Å². The van der Waals surface area contributed by atoms with Gasteiger partial charge in [-0.2, -0.15) is 13.2 Å². The summed E-state index contributed by atoms with van der Waals surface area (Å²) < 4.78 is 41.1. The Morgan fingerprint density at radius 2 is 1.60 bits per heavy atom. The average molecular weight is 789 g/mol. The van der Waals surface area contributed by atoms with Crippen LogP contribution in [0.15, 0.2) is 54.4 Å². The van der Waals surface area contributed by atoms with Crippen LogP contribution in [0.2, 0.25) is 0 Å². The topological polar surface area (TPSA) is 50.2 Å². The van der Waals surface area contributed by atoms with Gasteiger partial charge in [0.25, 0.3) is 0 Å². The van der Waals surface area contributed by atoms with Crippen LogP contribution in [0, 0.1) is 24.8 Å². The summed E-state index contributed by atoms with van der Waals surface area (Å²) in [5.74, 6) is 0.824. The van der Waals surface area contributed by atoms with Gasteiger partial charge in [-0.05, 0) is 44.6 Å². The van der Waals surface area contributed by atoms with Gasteiger partial charge in [0, 0.05) is 64.9 Å². The van der Waals surface area contributed by atoms with E-state index in [-0.39, 0.29) is 59.7 Å². The first kappa shape index (κ1) is 36.6. The van der Waals surface area contributed by atoms with Gasteiger partial charge in [-0.25, -0.2) is 0 Å². The number of pyridine rings is 1. The number of alkyl halides is 3. The number of aliphatic hydroxyl groups is 1. The summed E-state index contributed by atoms with van der Waals surface area (Å²) in [6.07, 6.45) is 1.98. The number of carbonyl (C=O) groups is 1. The van der Waals surface area contributed by atoms with E-state index in [0.29, 0.717) is 10.4 Å². The second-order valence-electron chi connectivity index (χ2n) is 10.9. The van der Waals surface area contributed by atoms with Crippen LogP contribution in [-0.4, -0.2) is 15.9 Å².